The molecule has 0 aromatic rings. The summed E-state index contributed by atoms with van der Waals surface area (Å²) in [5.74, 6) is 0. The van der Waals surface area contributed by atoms with Crippen molar-refractivity contribution in [3.8, 4) is 0 Å². The Morgan fingerprint density at radius 1 is 0.246 bits per heavy atom. The highest BCUT2D eigenvalue weighted by Crippen LogP contribution is 2.45. The van der Waals surface area contributed by atoms with E-state index in [1.165, 1.54) is 336 Å². The Morgan fingerprint density at radius 2 is 0.559 bits per heavy atom. The lowest BCUT2D eigenvalue weighted by molar-refractivity contribution is 0.0405. The number of hydrogen-bond acceptors (Lipinski definition) is 12. The van der Waals surface area contributed by atoms with Gasteiger partial charge in [-0.25, -0.2) is 0 Å². The van der Waals surface area contributed by atoms with Gasteiger partial charge >= 0.3 is 0 Å². The van der Waals surface area contributed by atoms with Gasteiger partial charge in [-0.3, -0.25) is 4.90 Å². The summed E-state index contributed by atoms with van der Waals surface area (Å²) in [6.45, 7) is 91.9. The number of piperidine rings is 4. The summed E-state index contributed by atoms with van der Waals surface area (Å²) in [6.07, 6.45) is 52.2. The fraction of sp³-hybridized carbons (Fsp3) is 1.00. The van der Waals surface area contributed by atoms with E-state index in [0.717, 1.165) is 43.3 Å². The third kappa shape index (κ3) is 50.3. The molecule has 0 atom stereocenters. The summed E-state index contributed by atoms with van der Waals surface area (Å²) >= 11 is 0. The predicted octanol–water partition coefficient (Wildman–Crippen LogP) is 25.6. The quantitative estimate of drug-likeness (QED) is 0.139. The molecule has 4 aliphatic carbocycles. The number of fused-ring (bicyclic) bond motifs is 5. The van der Waals surface area contributed by atoms with Gasteiger partial charge in [0, 0.05) is 73.1 Å². The van der Waals surface area contributed by atoms with E-state index in [0.29, 0.717) is 76.4 Å². The number of ether oxygens (including phenoxy) is 2. The topological polar surface area (TPSA) is 104 Å². The number of hydrogen-bond donors (Lipinski definition) is 6. The molecular weight excluding hydrogens is 1450 g/mol. The fourth-order valence-corrected chi connectivity index (χ4v) is 19.2. The zero-order valence-electron chi connectivity index (χ0n) is 86.8. The van der Waals surface area contributed by atoms with Crippen molar-refractivity contribution < 1.29 is 9.47 Å². The van der Waals surface area contributed by atoms with E-state index in [9.17, 15) is 0 Å². The van der Waals surface area contributed by atoms with Crippen LogP contribution in [0.2, 0.25) is 0 Å². The van der Waals surface area contributed by atoms with Crippen LogP contribution in [-0.2, 0) is 9.47 Å². The van der Waals surface area contributed by atoms with Crippen LogP contribution in [0.4, 0.5) is 0 Å². The molecular formula is C106H218N10O2. The van der Waals surface area contributed by atoms with Gasteiger partial charge in [0.2, 0.25) is 0 Å². The van der Waals surface area contributed by atoms with E-state index in [2.05, 4.69) is 280 Å². The lowest BCUT2D eigenvalue weighted by Crippen LogP contribution is -2.49. The second-order valence-corrected chi connectivity index (χ2v) is 52.0. The average Bonchev–Trinajstić information content (AvgIpc) is 1.64. The Bertz CT molecular complexity index is 2190. The first-order valence-corrected chi connectivity index (χ1v) is 50.6. The predicted molar refractivity (Wildman–Crippen MR) is 524 cm³/mol. The van der Waals surface area contributed by atoms with Crippen LogP contribution in [0.1, 0.15) is 445 Å². The molecule has 4 bridgehead atoms. The average molecular weight is 1660 g/mol. The smallest absolute Gasteiger partial charge is 0.0517 e. The molecule has 0 amide bonds. The van der Waals surface area contributed by atoms with E-state index >= 15 is 0 Å². The molecule has 0 aromatic carbocycles. The second kappa shape index (κ2) is 51.1. The lowest BCUT2D eigenvalue weighted by Gasteiger charge is -2.46. The maximum Gasteiger partial charge on any atom is 0.0517 e. The SMILES string of the molecule is CC1(C)CCC1.CC1(C)CCCC1.CC1(C)CCCC1.CC1(C)CCCCC1.CC1(C)CCCN1.CC1(C)CCCN1.CC1(C)CCNC1.CC1(C)CCNC1.CC1(C)CCNCC1.CC1(C)CCOC1.CC1(C)CCOC1.CC1(C)CNC1.CC12CCN(CC1)CC2.CN1C2CCC1(C)CC2.CN1CCCC1(C)C.CN1CCCC1(C)C. The van der Waals surface area contributed by atoms with Gasteiger partial charge in [0.1, 0.15) is 0 Å². The highest BCUT2D eigenvalue weighted by atomic mass is 16.5. The maximum absolute atomic E-state index is 5.16. The third-order valence-corrected chi connectivity index (χ3v) is 31.3. The summed E-state index contributed by atoms with van der Waals surface area (Å²) < 4.78 is 10.3. The number of likely N-dealkylation sites (tertiary alicyclic amines) is 2. The molecule has 0 spiro atoms. The molecule has 12 nitrogen and oxygen atoms in total. The molecule has 0 unspecified atom stereocenters. The van der Waals surface area contributed by atoms with Gasteiger partial charge in [-0.15, -0.1) is 0 Å². The Morgan fingerprint density at radius 3 is 0.653 bits per heavy atom. The molecule has 0 radical (unpaired) electrons. The molecule has 0 aromatic heterocycles. The molecule has 19 fully saturated rings. The van der Waals surface area contributed by atoms with Crippen LogP contribution < -0.4 is 31.9 Å². The van der Waals surface area contributed by atoms with Crippen LogP contribution >= 0.6 is 0 Å². The molecule has 4 saturated carbocycles. The summed E-state index contributed by atoms with van der Waals surface area (Å²) in [6, 6.07) is 0.940. The maximum atomic E-state index is 5.16. The van der Waals surface area contributed by atoms with Crippen molar-refractivity contribution in [1.29, 1.82) is 0 Å². The highest BCUT2D eigenvalue weighted by molar-refractivity contribution is 5.02. The van der Waals surface area contributed by atoms with Crippen LogP contribution in [0.25, 0.3) is 0 Å². The molecule has 12 heteroatoms. The molecule has 118 heavy (non-hydrogen) atoms. The molecule has 6 N–H and O–H groups in total. The third-order valence-electron chi connectivity index (χ3n) is 31.3. The zero-order chi connectivity index (χ0) is 89.1. The monoisotopic (exact) mass is 1660 g/mol. The minimum Gasteiger partial charge on any atom is -0.381 e. The first kappa shape index (κ1) is 112. The molecule has 704 valence electrons. The largest absolute Gasteiger partial charge is 0.381 e. The minimum atomic E-state index is 0.444. The zero-order valence-corrected chi connectivity index (χ0v) is 86.8. The van der Waals surface area contributed by atoms with Crippen LogP contribution in [-0.4, -0.2) is 199 Å². The first-order chi connectivity index (χ1) is 54.2. The summed E-state index contributed by atoms with van der Waals surface area (Å²) in [7, 11) is 6.69. The van der Waals surface area contributed by atoms with E-state index in [1.807, 2.05) is 0 Å². The van der Waals surface area contributed by atoms with E-state index in [-0.39, 0.29) is 0 Å². The fourth-order valence-electron chi connectivity index (χ4n) is 19.2. The Balaban J connectivity index is 0.000000326. The van der Waals surface area contributed by atoms with Gasteiger partial charge in [-0.05, 0) is 401 Å². The van der Waals surface area contributed by atoms with Crippen LogP contribution in [0.5, 0.6) is 0 Å². The van der Waals surface area contributed by atoms with Crippen LogP contribution in [0.3, 0.4) is 0 Å². The van der Waals surface area contributed by atoms with Crippen molar-refractivity contribution in [3.05, 3.63) is 0 Å². The minimum absolute atomic E-state index is 0.444. The van der Waals surface area contributed by atoms with Gasteiger partial charge < -0.3 is 56.1 Å². The molecule has 19 aliphatic rings. The Kier molecular flexibility index (Phi) is 48.3. The van der Waals surface area contributed by atoms with Gasteiger partial charge in [0.25, 0.3) is 0 Å². The van der Waals surface area contributed by atoms with Gasteiger partial charge in [0.15, 0.2) is 0 Å². The van der Waals surface area contributed by atoms with Gasteiger partial charge in [-0.2, -0.15) is 0 Å². The number of nitrogens with one attached hydrogen (secondary N) is 6. The van der Waals surface area contributed by atoms with Crippen molar-refractivity contribution in [2.45, 2.75) is 479 Å². The molecule has 19 rings (SSSR count). The summed E-state index contributed by atoms with van der Waals surface area (Å²) in [5, 5.41) is 20.0. The normalized spacial score (nSPS) is 31.7. The molecule has 15 aliphatic heterocycles. The van der Waals surface area contributed by atoms with Crippen molar-refractivity contribution in [2.24, 2.45) is 59.6 Å². The van der Waals surface area contributed by atoms with Crippen molar-refractivity contribution in [1.82, 2.24) is 51.5 Å². The van der Waals surface area contributed by atoms with Crippen molar-refractivity contribution in [2.75, 3.05) is 146 Å². The first-order valence-electron chi connectivity index (χ1n) is 50.6. The second-order valence-electron chi connectivity index (χ2n) is 52.0. The van der Waals surface area contributed by atoms with Crippen LogP contribution in [0, 0.1) is 59.6 Å². The number of nitrogens with zero attached hydrogens (tertiary/aromatic N) is 4. The summed E-state index contributed by atoms with van der Waals surface area (Å²) in [5.41, 5.74) is 9.34. The molecule has 15 saturated heterocycles. The highest BCUT2D eigenvalue weighted by Gasteiger charge is 2.46. The standard InChI is InChI=1S/2C8H15N.C8H16.3C7H15N.2C7H14.4C6H13N.2C6H12O.C6H12.C5H11N/c1-8-5-3-7(4-6-8)9(8)2;1-8-2-5-9(6-3-8)7-4-8;1-8(2)6-4-3-5-7-8;2*1-7(2)5-4-6-8(7)3;1-7(2)3-5-8-6-4-7;2*1-7(2)5-3-4-6-7;2*1-6(2)3-4-7-5-6;2*1-6(2)4-3-5-7-6;2*1-6(2)3-4-7-5-6;1-6(2)4-3-5-6;1-5(2)3-6-4-5/h7H,3-6H2,1-2H3;2-7H2,1H3;3-7H2,1-2H3;2*4-6H2,1-3H3;8H,3-6H2,1-2H3;2*3-6H2,1-2H3;4*7H,3-5H2,1-2H3;2*3-5H2,1-2H3;3-5H2,1-2H3;6H,3-4H2,1-2H3. The summed E-state index contributed by atoms with van der Waals surface area (Å²) in [4.78, 5) is 10.0. The van der Waals surface area contributed by atoms with E-state index < -0.39 is 0 Å². The van der Waals surface area contributed by atoms with Crippen molar-refractivity contribution >= 4 is 0 Å². The Labute approximate surface area is 741 Å². The number of rotatable bonds is 0. The van der Waals surface area contributed by atoms with Crippen LogP contribution in [0.15, 0.2) is 0 Å². The van der Waals surface area contributed by atoms with E-state index in [4.69, 9.17) is 9.47 Å². The lowest BCUT2D eigenvalue weighted by atomic mass is 9.72. The molecule has 15 heterocycles. The Hall–Kier alpha value is -0.480. The van der Waals surface area contributed by atoms with Gasteiger partial charge in [-0.1, -0.05) is 197 Å². The van der Waals surface area contributed by atoms with Crippen molar-refractivity contribution in [3.63, 3.8) is 0 Å². The van der Waals surface area contributed by atoms with E-state index in [1.54, 1.807) is 0 Å². The van der Waals surface area contributed by atoms with Gasteiger partial charge in [0.05, 0.1) is 13.2 Å².